The molecule has 0 bridgehead atoms. The smallest absolute Gasteiger partial charge is 0.360 e. The number of rotatable bonds is 6. The Morgan fingerprint density at radius 1 is 1.38 bits per heavy atom. The first-order valence-electron chi connectivity index (χ1n) is 4.30. The topological polar surface area (TPSA) is 81.8 Å². The Kier molecular flexibility index (Phi) is 5.76. The minimum atomic E-state index is -3.44. The summed E-state index contributed by atoms with van der Waals surface area (Å²) in [5, 5.41) is 9.47. The van der Waals surface area contributed by atoms with E-state index in [4.69, 9.17) is 14.8 Å². The first-order valence-corrected chi connectivity index (χ1v) is 5.91. The fraction of sp³-hybridized carbons (Fsp3) is 1.00. The van der Waals surface area contributed by atoms with Gasteiger partial charge in [0, 0.05) is 6.04 Å². The van der Waals surface area contributed by atoms with Crippen molar-refractivity contribution in [3.8, 4) is 0 Å². The van der Waals surface area contributed by atoms with Gasteiger partial charge in [0.1, 0.15) is 0 Å². The van der Waals surface area contributed by atoms with Gasteiger partial charge in [-0.2, -0.15) is 0 Å². The van der Waals surface area contributed by atoms with Crippen LogP contribution >= 0.6 is 7.60 Å². The third kappa shape index (κ3) is 3.75. The molecule has 0 aliphatic rings. The van der Waals surface area contributed by atoms with Crippen LogP contribution in [0.25, 0.3) is 0 Å². The molecule has 0 saturated heterocycles. The molecular weight excluding hydrogens is 193 g/mol. The van der Waals surface area contributed by atoms with Crippen molar-refractivity contribution >= 4 is 7.60 Å². The Bertz CT molecular complexity index is 175. The quantitative estimate of drug-likeness (QED) is 0.638. The Morgan fingerprint density at radius 3 is 2.00 bits per heavy atom. The van der Waals surface area contributed by atoms with Crippen LogP contribution in [-0.4, -0.2) is 30.2 Å². The fourth-order valence-corrected chi connectivity index (χ4v) is 2.51. The number of aliphatic hydroxyl groups excluding tert-OH is 1. The Labute approximate surface area is 78.8 Å². The van der Waals surface area contributed by atoms with Crippen molar-refractivity contribution in [2.75, 3.05) is 13.2 Å². The molecule has 0 aliphatic heterocycles. The zero-order chi connectivity index (χ0) is 10.5. The van der Waals surface area contributed by atoms with Crippen LogP contribution in [0.5, 0.6) is 0 Å². The Balaban J connectivity index is 4.47. The summed E-state index contributed by atoms with van der Waals surface area (Å²) < 4.78 is 21.6. The van der Waals surface area contributed by atoms with Crippen molar-refractivity contribution in [3.63, 3.8) is 0 Å². The zero-order valence-corrected chi connectivity index (χ0v) is 9.16. The van der Waals surface area contributed by atoms with E-state index in [9.17, 15) is 9.67 Å². The monoisotopic (exact) mass is 211 g/mol. The summed E-state index contributed by atoms with van der Waals surface area (Å²) in [4.78, 5) is 0. The molecule has 0 fully saturated rings. The van der Waals surface area contributed by atoms with Gasteiger partial charge >= 0.3 is 7.60 Å². The highest BCUT2D eigenvalue weighted by atomic mass is 31.2. The van der Waals surface area contributed by atoms with Crippen LogP contribution in [0.4, 0.5) is 0 Å². The lowest BCUT2D eigenvalue weighted by molar-refractivity contribution is 0.137. The van der Waals surface area contributed by atoms with Crippen molar-refractivity contribution in [2.45, 2.75) is 32.7 Å². The van der Waals surface area contributed by atoms with E-state index >= 15 is 0 Å². The lowest BCUT2D eigenvalue weighted by Gasteiger charge is -2.24. The second-order valence-corrected chi connectivity index (χ2v) is 4.77. The van der Waals surface area contributed by atoms with Crippen LogP contribution < -0.4 is 5.73 Å². The molecule has 0 radical (unpaired) electrons. The molecule has 0 aliphatic carbocycles. The van der Waals surface area contributed by atoms with Crippen LogP contribution in [0, 0.1) is 0 Å². The molecule has 0 spiro atoms. The molecule has 13 heavy (non-hydrogen) atoms. The summed E-state index contributed by atoms with van der Waals surface area (Å²) in [7, 11) is -3.44. The van der Waals surface area contributed by atoms with E-state index in [-0.39, 0.29) is 13.2 Å². The van der Waals surface area contributed by atoms with Gasteiger partial charge in [0.05, 0.1) is 13.2 Å². The summed E-state index contributed by atoms with van der Waals surface area (Å²) in [6, 6.07) is -0.635. The lowest BCUT2D eigenvalue weighted by atomic mass is 10.4. The van der Waals surface area contributed by atoms with Crippen LogP contribution in [0.3, 0.4) is 0 Å². The van der Waals surface area contributed by atoms with E-state index in [0.717, 1.165) is 0 Å². The molecule has 5 nitrogen and oxygen atoms in total. The maximum atomic E-state index is 11.8. The van der Waals surface area contributed by atoms with Crippen molar-refractivity contribution < 1.29 is 18.7 Å². The maximum absolute atomic E-state index is 11.8. The first-order chi connectivity index (χ1) is 5.98. The molecule has 80 valence electrons. The zero-order valence-electron chi connectivity index (χ0n) is 8.27. The van der Waals surface area contributed by atoms with Gasteiger partial charge in [0.2, 0.25) is 0 Å². The van der Waals surface area contributed by atoms with Gasteiger partial charge in [-0.25, -0.2) is 0 Å². The van der Waals surface area contributed by atoms with Crippen LogP contribution in [0.1, 0.15) is 20.8 Å². The Morgan fingerprint density at radius 2 is 1.77 bits per heavy atom. The normalized spacial score (nSPS) is 17.0. The molecule has 2 atom stereocenters. The molecule has 0 rings (SSSR count). The number of aliphatic hydroxyl groups is 1. The summed E-state index contributed by atoms with van der Waals surface area (Å²) in [5.74, 6) is -1.26. The minimum Gasteiger partial charge on any atom is -0.379 e. The molecule has 6 heteroatoms. The van der Waals surface area contributed by atoms with Gasteiger partial charge in [-0.3, -0.25) is 4.57 Å². The van der Waals surface area contributed by atoms with Gasteiger partial charge < -0.3 is 19.9 Å². The van der Waals surface area contributed by atoms with E-state index < -0.39 is 19.5 Å². The van der Waals surface area contributed by atoms with E-state index in [1.54, 1.807) is 20.8 Å². The van der Waals surface area contributed by atoms with Crippen LogP contribution in [0.15, 0.2) is 0 Å². The van der Waals surface area contributed by atoms with Crippen molar-refractivity contribution in [1.82, 2.24) is 0 Å². The van der Waals surface area contributed by atoms with E-state index in [1.807, 2.05) is 0 Å². The molecule has 0 heterocycles. The molecule has 0 amide bonds. The number of hydrogen-bond acceptors (Lipinski definition) is 5. The molecule has 0 aromatic carbocycles. The van der Waals surface area contributed by atoms with Crippen molar-refractivity contribution in [1.29, 1.82) is 0 Å². The fourth-order valence-electron chi connectivity index (χ4n) is 0.838. The Hall–Kier alpha value is 0.0700. The van der Waals surface area contributed by atoms with Gasteiger partial charge in [0.25, 0.3) is 0 Å². The predicted molar refractivity (Wildman–Crippen MR) is 50.5 cm³/mol. The maximum Gasteiger partial charge on any atom is 0.360 e. The van der Waals surface area contributed by atoms with Crippen molar-refractivity contribution in [3.05, 3.63) is 0 Å². The van der Waals surface area contributed by atoms with Gasteiger partial charge in [0.15, 0.2) is 5.85 Å². The largest absolute Gasteiger partial charge is 0.379 e. The highest BCUT2D eigenvalue weighted by Crippen LogP contribution is 2.52. The highest BCUT2D eigenvalue weighted by molar-refractivity contribution is 7.54. The third-order valence-electron chi connectivity index (χ3n) is 1.41. The molecule has 0 unspecified atom stereocenters. The number of hydrogen-bond donors (Lipinski definition) is 2. The summed E-state index contributed by atoms with van der Waals surface area (Å²) in [6.07, 6.45) is 0. The second kappa shape index (κ2) is 5.73. The lowest BCUT2D eigenvalue weighted by Crippen LogP contribution is -2.32. The van der Waals surface area contributed by atoms with E-state index in [0.29, 0.717) is 0 Å². The van der Waals surface area contributed by atoms with Crippen LogP contribution in [0.2, 0.25) is 0 Å². The molecule has 0 saturated carbocycles. The summed E-state index contributed by atoms with van der Waals surface area (Å²) >= 11 is 0. The van der Waals surface area contributed by atoms with Crippen LogP contribution in [-0.2, 0) is 13.6 Å². The summed E-state index contributed by atoms with van der Waals surface area (Å²) in [5.41, 5.74) is 5.40. The van der Waals surface area contributed by atoms with E-state index in [1.165, 1.54) is 0 Å². The third-order valence-corrected chi connectivity index (χ3v) is 3.77. The van der Waals surface area contributed by atoms with Crippen molar-refractivity contribution in [2.24, 2.45) is 5.73 Å². The highest BCUT2D eigenvalue weighted by Gasteiger charge is 2.36. The average molecular weight is 211 g/mol. The summed E-state index contributed by atoms with van der Waals surface area (Å²) in [6.45, 7) is 5.36. The molecule has 0 aromatic heterocycles. The van der Waals surface area contributed by atoms with E-state index in [2.05, 4.69) is 0 Å². The average Bonchev–Trinajstić information content (AvgIpc) is 2.03. The van der Waals surface area contributed by atoms with Gasteiger partial charge in [-0.15, -0.1) is 0 Å². The molecule has 0 aromatic rings. The first kappa shape index (κ1) is 13.1. The standard InChI is InChI=1S/C7H18NO4P/c1-4-11-13(10,12-5-2)7(9)6(3)8/h6-7,9H,4-5,8H2,1-3H3/t6-,7+/m0/s1. The molecule has 3 N–H and O–H groups in total. The number of nitrogens with two attached hydrogens (primary N) is 1. The molecular formula is C7H18NO4P. The second-order valence-electron chi connectivity index (χ2n) is 2.65. The van der Waals surface area contributed by atoms with Gasteiger partial charge in [-0.1, -0.05) is 0 Å². The minimum absolute atomic E-state index is 0.223. The predicted octanol–water partition coefficient (Wildman–Crippen LogP) is 0.918. The van der Waals surface area contributed by atoms with Gasteiger partial charge in [-0.05, 0) is 20.8 Å². The SMILES string of the molecule is CCOP(=O)(OCC)[C@@H](O)[C@H](C)N.